The highest BCUT2D eigenvalue weighted by atomic mass is 32.7. The van der Waals surface area contributed by atoms with Gasteiger partial charge in [0.1, 0.15) is 54.3 Å². The molecule has 3 fully saturated rings. The first-order valence-electron chi connectivity index (χ1n) is 12.6. The minimum atomic E-state index is -4.36. The summed E-state index contributed by atoms with van der Waals surface area (Å²) in [5.74, 6) is 5.29. The van der Waals surface area contributed by atoms with Crippen LogP contribution in [0.4, 0.5) is 16.0 Å². The Bertz CT molecular complexity index is 1810. The van der Waals surface area contributed by atoms with E-state index in [0.717, 1.165) is 12.5 Å². The number of aliphatic hydroxyl groups excluding tert-OH is 1. The summed E-state index contributed by atoms with van der Waals surface area (Å²) in [5, 5.41) is 10.9. The molecule has 2 bridgehead atoms. The molecule has 18 nitrogen and oxygen atoms in total. The van der Waals surface area contributed by atoms with E-state index in [9.17, 15) is 19.4 Å². The van der Waals surface area contributed by atoms with Crippen LogP contribution in [-0.4, -0.2) is 95.5 Å². The van der Waals surface area contributed by atoms with Crippen molar-refractivity contribution in [1.82, 2.24) is 29.5 Å². The molecule has 3 aromatic rings. The molecule has 0 amide bonds. The van der Waals surface area contributed by atoms with Gasteiger partial charge in [0.25, 0.3) is 0 Å². The fraction of sp³-hybridized carbons (Fsp3) is 0.476. The van der Waals surface area contributed by atoms with E-state index >= 15 is 4.39 Å². The highest BCUT2D eigenvalue weighted by Gasteiger charge is 2.53. The maximum Gasteiger partial charge on any atom is 0.386 e. The first-order valence-corrected chi connectivity index (χ1v) is 17.8. The van der Waals surface area contributed by atoms with Gasteiger partial charge in [0, 0.05) is 0 Å². The van der Waals surface area contributed by atoms with Crippen LogP contribution in [0.2, 0.25) is 0 Å². The average molecular weight is 693 g/mol. The number of hydrogen-bond donors (Lipinski definition) is 6. The lowest BCUT2D eigenvalue weighted by Crippen LogP contribution is -2.36. The van der Waals surface area contributed by atoms with Crippen molar-refractivity contribution in [2.45, 2.75) is 49.0 Å². The fourth-order valence-corrected chi connectivity index (χ4v) is 7.60. The third-order valence-electron chi connectivity index (χ3n) is 6.77. The van der Waals surface area contributed by atoms with Gasteiger partial charge in [-0.3, -0.25) is 23.1 Å². The number of nitrogen functional groups attached to an aromatic ring is 2. The van der Waals surface area contributed by atoms with Gasteiger partial charge in [-0.15, -0.1) is 0 Å². The van der Waals surface area contributed by atoms with Crippen LogP contribution in [0.25, 0.3) is 11.2 Å². The summed E-state index contributed by atoms with van der Waals surface area (Å²) in [6, 6.07) is 0. The molecule has 0 spiro atoms. The molecule has 23 heteroatoms. The molecule has 6 rings (SSSR count). The van der Waals surface area contributed by atoms with Crippen molar-refractivity contribution >= 4 is 60.4 Å². The van der Waals surface area contributed by atoms with Crippen molar-refractivity contribution in [2.75, 3.05) is 24.7 Å². The minimum absolute atomic E-state index is 0.0524. The van der Waals surface area contributed by atoms with Crippen molar-refractivity contribution in [2.24, 2.45) is 0 Å². The zero-order valence-electron chi connectivity index (χ0n) is 21.9. The Morgan fingerprint density at radius 3 is 2.68 bits per heavy atom. The summed E-state index contributed by atoms with van der Waals surface area (Å²) in [6.45, 7) is -9.78. The summed E-state index contributed by atoms with van der Waals surface area (Å²) in [5.41, 5.74) is 11.4. The lowest BCUT2D eigenvalue weighted by atomic mass is 10.1. The quantitative estimate of drug-likeness (QED) is 0.107. The number of rotatable bonds is 1. The van der Waals surface area contributed by atoms with Crippen LogP contribution in [0.3, 0.4) is 0 Å². The van der Waals surface area contributed by atoms with Gasteiger partial charge in [-0.05, 0) is 11.8 Å². The molecule has 3 aromatic heterocycles. The Hall–Kier alpha value is -2.57. The molecular formula is C21H23FN8O10P2S2. The number of ether oxygens (including phenoxy) is 2. The lowest BCUT2D eigenvalue weighted by molar-refractivity contribution is -0.0450. The highest BCUT2D eigenvalue weighted by molar-refractivity contribution is 8.44. The normalized spacial score (nSPS) is 37.7. The summed E-state index contributed by atoms with van der Waals surface area (Å²) in [7, 11) is 0. The second-order valence-electron chi connectivity index (χ2n) is 9.63. The van der Waals surface area contributed by atoms with Crippen molar-refractivity contribution in [1.29, 1.82) is 0 Å². The van der Waals surface area contributed by atoms with E-state index in [1.165, 1.54) is 10.9 Å². The Morgan fingerprint density at radius 1 is 1.14 bits per heavy atom. The maximum absolute atomic E-state index is 15.9. The van der Waals surface area contributed by atoms with E-state index in [4.69, 9.17) is 50.8 Å². The number of fused-ring (bicyclic) bond motifs is 4. The Balaban J connectivity index is 1.28. The predicted molar refractivity (Wildman–Crippen MR) is 154 cm³/mol. The van der Waals surface area contributed by atoms with E-state index in [1.54, 1.807) is 0 Å². The van der Waals surface area contributed by atoms with E-state index in [1.807, 2.05) is 0 Å². The first kappa shape index (κ1) is 31.4. The van der Waals surface area contributed by atoms with Crippen LogP contribution in [0.5, 0.6) is 0 Å². The molecule has 0 aromatic carbocycles. The molecule has 236 valence electrons. The number of nitrogens with two attached hydrogens (primary N) is 2. The van der Waals surface area contributed by atoms with E-state index in [0.29, 0.717) is 0 Å². The molecule has 2 unspecified atom stereocenters. The van der Waals surface area contributed by atoms with Crippen molar-refractivity contribution in [3.63, 3.8) is 0 Å². The zero-order chi connectivity index (χ0) is 31.4. The maximum atomic E-state index is 15.9. The minimum Gasteiger partial charge on any atom is -0.387 e. The van der Waals surface area contributed by atoms with Gasteiger partial charge < -0.3 is 35.5 Å². The molecule has 44 heavy (non-hydrogen) atoms. The van der Waals surface area contributed by atoms with Gasteiger partial charge in [-0.25, -0.2) is 33.7 Å². The monoisotopic (exact) mass is 692 g/mol. The zero-order valence-corrected chi connectivity index (χ0v) is 25.4. The van der Waals surface area contributed by atoms with E-state index in [2.05, 4.69) is 49.0 Å². The molecule has 6 heterocycles. The number of imidazole rings is 1. The van der Waals surface area contributed by atoms with Gasteiger partial charge in [-0.1, -0.05) is 24.1 Å². The summed E-state index contributed by atoms with van der Waals surface area (Å²) in [4.78, 5) is 40.1. The topological polar surface area (TPSA) is 254 Å². The van der Waals surface area contributed by atoms with E-state index < -0.39 is 81.4 Å². The number of aromatic amines is 1. The van der Waals surface area contributed by atoms with Crippen LogP contribution in [0, 0.1) is 11.8 Å². The van der Waals surface area contributed by atoms with E-state index in [-0.39, 0.29) is 28.4 Å². The Labute approximate surface area is 256 Å². The number of nitrogens with zero attached hydrogens (tertiary/aromatic N) is 5. The second kappa shape index (κ2) is 12.0. The number of thiol groups is 1. The number of halogens is 1. The van der Waals surface area contributed by atoms with Gasteiger partial charge in [0.15, 0.2) is 23.9 Å². The fourth-order valence-electron chi connectivity index (χ4n) is 4.70. The molecule has 3 saturated heterocycles. The van der Waals surface area contributed by atoms with Gasteiger partial charge in [-0.2, -0.15) is 0 Å². The SMILES string of the molecule is Nc1[nH]c(=O)ncc1C#C[C@@H]1O[C@@H]2COP(=O)(S)O[C@H]3[C@@H](F)[C@H](n4cnc5c(N)ncnc54)O[C@@H]3COP(O)(=S)O[C@@H]1[C@@H]2O. The van der Waals surface area contributed by atoms with Crippen LogP contribution < -0.4 is 17.2 Å². The highest BCUT2D eigenvalue weighted by Crippen LogP contribution is 2.58. The summed E-state index contributed by atoms with van der Waals surface area (Å²) in [6.07, 6.45) is -8.33. The number of nitrogens with one attached hydrogen (secondary N) is 1. The third kappa shape index (κ3) is 6.26. The number of aromatic nitrogens is 6. The molecular weight excluding hydrogens is 669 g/mol. The number of alkyl halides is 1. The Morgan fingerprint density at radius 2 is 1.91 bits per heavy atom. The lowest BCUT2D eigenvalue weighted by Gasteiger charge is -2.25. The summed E-state index contributed by atoms with van der Waals surface area (Å²) < 4.78 is 63.9. The van der Waals surface area contributed by atoms with Crippen molar-refractivity contribution < 1.29 is 46.5 Å². The van der Waals surface area contributed by atoms with Crippen molar-refractivity contribution in [3.05, 3.63) is 34.9 Å². The second-order valence-corrected chi connectivity index (χ2v) is 15.3. The van der Waals surface area contributed by atoms with Crippen LogP contribution in [0.15, 0.2) is 23.6 Å². The molecule has 0 radical (unpaired) electrons. The van der Waals surface area contributed by atoms with Gasteiger partial charge in [0.05, 0.1) is 31.3 Å². The molecule has 3 aliphatic heterocycles. The van der Waals surface area contributed by atoms with Gasteiger partial charge in [0.2, 0.25) is 0 Å². The molecule has 0 saturated carbocycles. The van der Waals surface area contributed by atoms with Gasteiger partial charge >= 0.3 is 19.2 Å². The molecule has 3 aliphatic rings. The number of hydrogen-bond acceptors (Lipinski definition) is 16. The predicted octanol–water partition coefficient (Wildman–Crippen LogP) is -0.439. The number of H-pyrrole nitrogens is 1. The molecule has 10 atom stereocenters. The average Bonchev–Trinajstić information content (AvgIpc) is 3.60. The van der Waals surface area contributed by atoms with Crippen LogP contribution in [-0.2, 0) is 43.9 Å². The van der Waals surface area contributed by atoms with Crippen LogP contribution in [0.1, 0.15) is 11.8 Å². The third-order valence-corrected chi connectivity index (χ3v) is 9.95. The summed E-state index contributed by atoms with van der Waals surface area (Å²) >= 11 is 9.14. The van der Waals surface area contributed by atoms with Crippen molar-refractivity contribution in [3.8, 4) is 11.8 Å². The standard InChI is InChI=1S/C21H23FN8O10P2S2/c22-12-15-11(38-20(12)30-7-28-13-18(24)26-6-27-19(13)30)5-36-42(34,44)40-16-9(2-1-8-3-25-21(32)29-17(8)23)37-10(14(16)31)4-35-41(33,43)39-15/h3,6-7,9-12,14-16,20,31H,4-5H2,(H,33,43)(H,34,44)(H2,24,26,27)(H3,23,25,29,32)/t9-,10+,11+,12+,14+,15+,16-,20+,41?,42?/m0/s1. The molecule has 7 N–H and O–H groups in total. The number of anilines is 2. The number of aliphatic hydroxyl groups is 1. The largest absolute Gasteiger partial charge is 0.387 e. The Kier molecular flexibility index (Phi) is 8.55. The van der Waals surface area contributed by atoms with Crippen LogP contribution >= 0.6 is 25.8 Å². The smallest absolute Gasteiger partial charge is 0.386 e. The molecule has 0 aliphatic carbocycles. The first-order chi connectivity index (χ1) is 20.8.